The Hall–Kier alpha value is -3.93. The van der Waals surface area contributed by atoms with Gasteiger partial charge < -0.3 is 14.1 Å². The highest BCUT2D eigenvalue weighted by Crippen LogP contribution is 2.20. The van der Waals surface area contributed by atoms with Crippen LogP contribution in [0.15, 0.2) is 95.7 Å². The molecule has 0 atom stereocenters. The number of hydrogen-bond acceptors (Lipinski definition) is 5. The Morgan fingerprint density at radius 1 is 0.833 bits per heavy atom. The van der Waals surface area contributed by atoms with Crippen molar-refractivity contribution in [3.63, 3.8) is 0 Å². The van der Waals surface area contributed by atoms with E-state index in [4.69, 9.17) is 9.15 Å². The van der Waals surface area contributed by atoms with Gasteiger partial charge in [-0.05, 0) is 35.4 Å². The molecule has 0 radical (unpaired) electrons. The van der Waals surface area contributed by atoms with Gasteiger partial charge in [0, 0.05) is 18.7 Å². The summed E-state index contributed by atoms with van der Waals surface area (Å²) < 4.78 is 10.9. The zero-order valence-electron chi connectivity index (χ0n) is 16.3. The van der Waals surface area contributed by atoms with Crippen molar-refractivity contribution in [1.82, 2.24) is 15.1 Å². The average Bonchev–Trinajstić information content (AvgIpc) is 3.34. The number of aromatic nitrogens is 2. The van der Waals surface area contributed by atoms with Gasteiger partial charge in [-0.2, -0.15) is 0 Å². The quantitative estimate of drug-likeness (QED) is 0.441. The molecule has 3 aromatic carbocycles. The minimum atomic E-state index is -0.0799. The Morgan fingerprint density at radius 2 is 1.43 bits per heavy atom. The summed E-state index contributed by atoms with van der Waals surface area (Å²) in [4.78, 5) is 14.7. The molecule has 0 aliphatic rings. The molecule has 0 bridgehead atoms. The first kappa shape index (κ1) is 19.4. The molecule has 0 unspecified atom stereocenters. The molecule has 0 aliphatic heterocycles. The van der Waals surface area contributed by atoms with Crippen LogP contribution in [-0.4, -0.2) is 27.6 Å². The Morgan fingerprint density at radius 3 is 1.97 bits per heavy atom. The van der Waals surface area contributed by atoms with Crippen LogP contribution >= 0.6 is 0 Å². The van der Waals surface area contributed by atoms with Gasteiger partial charge >= 0.3 is 0 Å². The fourth-order valence-corrected chi connectivity index (χ4v) is 3.07. The van der Waals surface area contributed by atoms with Crippen molar-refractivity contribution in [1.29, 1.82) is 0 Å². The van der Waals surface area contributed by atoms with Crippen LogP contribution in [0.5, 0.6) is 5.75 Å². The summed E-state index contributed by atoms with van der Waals surface area (Å²) in [6.07, 6.45) is 1.28. The maximum Gasteiger partial charge on any atom is 0.261 e. The topological polar surface area (TPSA) is 68.5 Å². The van der Waals surface area contributed by atoms with Crippen LogP contribution in [0.4, 0.5) is 0 Å². The molecular formula is C24H21N3O3. The summed E-state index contributed by atoms with van der Waals surface area (Å²) in [6, 6.07) is 27.1. The number of ether oxygens (including phenoxy) is 1. The highest BCUT2D eigenvalue weighted by atomic mass is 16.5. The van der Waals surface area contributed by atoms with Crippen LogP contribution in [-0.2, 0) is 17.9 Å². The summed E-state index contributed by atoms with van der Waals surface area (Å²) >= 11 is 0. The number of nitrogens with zero attached hydrogens (tertiary/aromatic N) is 3. The third-order valence-electron chi connectivity index (χ3n) is 4.61. The molecule has 1 amide bonds. The molecule has 1 heterocycles. The van der Waals surface area contributed by atoms with Crippen LogP contribution in [0.25, 0.3) is 11.5 Å². The van der Waals surface area contributed by atoms with Crippen molar-refractivity contribution >= 4 is 5.91 Å². The molecule has 0 aliphatic carbocycles. The Labute approximate surface area is 174 Å². The molecule has 4 aromatic rings. The maximum atomic E-state index is 12.9. The van der Waals surface area contributed by atoms with Crippen molar-refractivity contribution < 1.29 is 13.9 Å². The monoisotopic (exact) mass is 399 g/mol. The molecule has 0 spiro atoms. The third-order valence-corrected chi connectivity index (χ3v) is 4.61. The number of hydrogen-bond donors (Lipinski definition) is 0. The first-order valence-corrected chi connectivity index (χ1v) is 9.63. The average molecular weight is 399 g/mol. The minimum absolute atomic E-state index is 0.0421. The third kappa shape index (κ3) is 5.11. The molecule has 150 valence electrons. The van der Waals surface area contributed by atoms with E-state index in [-0.39, 0.29) is 12.5 Å². The van der Waals surface area contributed by atoms with E-state index in [1.165, 1.54) is 6.39 Å². The summed E-state index contributed by atoms with van der Waals surface area (Å²) in [7, 11) is 0. The van der Waals surface area contributed by atoms with Gasteiger partial charge in [0.2, 0.25) is 12.3 Å². The van der Waals surface area contributed by atoms with Crippen LogP contribution < -0.4 is 4.74 Å². The maximum absolute atomic E-state index is 12.9. The van der Waals surface area contributed by atoms with E-state index in [0.29, 0.717) is 24.7 Å². The highest BCUT2D eigenvalue weighted by Gasteiger charge is 2.16. The molecule has 0 saturated heterocycles. The van der Waals surface area contributed by atoms with Crippen LogP contribution in [0, 0.1) is 0 Å². The molecule has 0 saturated carbocycles. The SMILES string of the molecule is O=C(COc1ccc(-c2nnco2)cc1)N(Cc1ccccc1)Cc1ccccc1. The zero-order valence-corrected chi connectivity index (χ0v) is 16.3. The highest BCUT2D eigenvalue weighted by molar-refractivity contribution is 5.77. The van der Waals surface area contributed by atoms with E-state index in [2.05, 4.69) is 10.2 Å². The normalized spacial score (nSPS) is 10.5. The fourth-order valence-electron chi connectivity index (χ4n) is 3.07. The van der Waals surface area contributed by atoms with E-state index < -0.39 is 0 Å². The van der Waals surface area contributed by atoms with Gasteiger partial charge in [0.25, 0.3) is 5.91 Å². The molecule has 1 aromatic heterocycles. The summed E-state index contributed by atoms with van der Waals surface area (Å²) in [6.45, 7) is 1.00. The minimum Gasteiger partial charge on any atom is -0.484 e. The number of rotatable bonds is 8. The molecule has 6 nitrogen and oxygen atoms in total. The van der Waals surface area contributed by atoms with Gasteiger partial charge in [-0.25, -0.2) is 0 Å². The van der Waals surface area contributed by atoms with E-state index in [0.717, 1.165) is 16.7 Å². The lowest BCUT2D eigenvalue weighted by Gasteiger charge is -2.23. The van der Waals surface area contributed by atoms with E-state index in [1.54, 1.807) is 17.0 Å². The van der Waals surface area contributed by atoms with Crippen molar-refractivity contribution in [3.05, 3.63) is 102 Å². The van der Waals surface area contributed by atoms with E-state index in [1.807, 2.05) is 72.8 Å². The standard InChI is InChI=1S/C24H21N3O3/c28-23(17-29-22-13-11-21(12-14-22)24-26-25-18-30-24)27(15-19-7-3-1-4-8-19)16-20-9-5-2-6-10-20/h1-14,18H,15-17H2. The second kappa shape index (κ2) is 9.52. The smallest absolute Gasteiger partial charge is 0.261 e. The molecule has 0 N–H and O–H groups in total. The predicted molar refractivity (Wildman–Crippen MR) is 112 cm³/mol. The number of carbonyl (C=O) groups excluding carboxylic acids is 1. The molecule has 30 heavy (non-hydrogen) atoms. The number of amides is 1. The van der Waals surface area contributed by atoms with Crippen molar-refractivity contribution in [2.45, 2.75) is 13.1 Å². The molecule has 6 heteroatoms. The second-order valence-corrected chi connectivity index (χ2v) is 6.78. The largest absolute Gasteiger partial charge is 0.484 e. The van der Waals surface area contributed by atoms with Gasteiger partial charge in [-0.15, -0.1) is 10.2 Å². The van der Waals surface area contributed by atoms with Gasteiger partial charge in [0.15, 0.2) is 6.61 Å². The Bertz CT molecular complexity index is 1010. The van der Waals surface area contributed by atoms with Gasteiger partial charge in [-0.1, -0.05) is 60.7 Å². The first-order chi connectivity index (χ1) is 14.8. The molecule has 0 fully saturated rings. The Kier molecular flexibility index (Phi) is 6.15. The summed E-state index contributed by atoms with van der Waals surface area (Å²) in [5, 5.41) is 7.55. The summed E-state index contributed by atoms with van der Waals surface area (Å²) in [5.74, 6) is 0.962. The molecular weight excluding hydrogens is 378 g/mol. The second-order valence-electron chi connectivity index (χ2n) is 6.78. The van der Waals surface area contributed by atoms with E-state index in [9.17, 15) is 4.79 Å². The first-order valence-electron chi connectivity index (χ1n) is 9.63. The van der Waals surface area contributed by atoms with Crippen molar-refractivity contribution in [3.8, 4) is 17.2 Å². The number of benzene rings is 3. The van der Waals surface area contributed by atoms with Crippen LogP contribution in [0.1, 0.15) is 11.1 Å². The lowest BCUT2D eigenvalue weighted by molar-refractivity contribution is -0.134. The zero-order chi connectivity index (χ0) is 20.6. The fraction of sp³-hybridized carbons (Fsp3) is 0.125. The van der Waals surface area contributed by atoms with Gasteiger partial charge in [0.05, 0.1) is 0 Å². The Balaban J connectivity index is 1.41. The molecule has 4 rings (SSSR count). The lowest BCUT2D eigenvalue weighted by atomic mass is 10.1. The summed E-state index contributed by atoms with van der Waals surface area (Å²) in [5.41, 5.74) is 2.94. The van der Waals surface area contributed by atoms with Crippen LogP contribution in [0.3, 0.4) is 0 Å². The van der Waals surface area contributed by atoms with E-state index >= 15 is 0 Å². The predicted octanol–water partition coefficient (Wildman–Crippen LogP) is 4.34. The van der Waals surface area contributed by atoms with Crippen LogP contribution in [0.2, 0.25) is 0 Å². The number of carbonyl (C=O) groups is 1. The van der Waals surface area contributed by atoms with Crippen molar-refractivity contribution in [2.24, 2.45) is 0 Å². The lowest BCUT2D eigenvalue weighted by Crippen LogP contribution is -2.34. The van der Waals surface area contributed by atoms with Gasteiger partial charge in [0.1, 0.15) is 5.75 Å². The van der Waals surface area contributed by atoms with Crippen molar-refractivity contribution in [2.75, 3.05) is 6.61 Å². The van der Waals surface area contributed by atoms with Gasteiger partial charge in [-0.3, -0.25) is 4.79 Å².